The summed E-state index contributed by atoms with van der Waals surface area (Å²) in [5, 5.41) is 4.23. The molecule has 0 bridgehead atoms. The van der Waals surface area contributed by atoms with Gasteiger partial charge in [0.25, 0.3) is 11.8 Å². The molecule has 1 N–H and O–H groups in total. The Morgan fingerprint density at radius 3 is 2.64 bits per heavy atom. The summed E-state index contributed by atoms with van der Waals surface area (Å²) in [6, 6.07) is 13.3. The number of rotatable bonds is 6. The normalized spacial score (nSPS) is 14.2. The van der Waals surface area contributed by atoms with Crippen LogP contribution >= 0.6 is 0 Å². The molecule has 5 rings (SSSR count). The first-order chi connectivity index (χ1) is 15.9. The second kappa shape index (κ2) is 7.85. The summed E-state index contributed by atoms with van der Waals surface area (Å²) in [4.78, 5) is 33.5. The molecule has 1 aliphatic carbocycles. The molecule has 0 saturated heterocycles. The fourth-order valence-corrected chi connectivity index (χ4v) is 4.14. The van der Waals surface area contributed by atoms with E-state index in [9.17, 15) is 9.59 Å². The molecule has 1 amide bonds. The lowest BCUT2D eigenvalue weighted by Gasteiger charge is -2.21. The second-order valence-corrected chi connectivity index (χ2v) is 8.40. The molecule has 0 spiro atoms. The van der Waals surface area contributed by atoms with Crippen molar-refractivity contribution < 1.29 is 18.7 Å². The zero-order valence-corrected chi connectivity index (χ0v) is 18.6. The Hall–Kier alpha value is -4.00. The number of amides is 1. The lowest BCUT2D eigenvalue weighted by atomic mass is 9.95. The van der Waals surface area contributed by atoms with Crippen LogP contribution in [-0.2, 0) is 5.54 Å². The van der Waals surface area contributed by atoms with E-state index < -0.39 is 5.54 Å². The molecular weight excluding hydrogens is 418 g/mol. The Balaban J connectivity index is 1.57. The molecule has 1 aliphatic rings. The van der Waals surface area contributed by atoms with Crippen LogP contribution in [0.2, 0.25) is 0 Å². The summed E-state index contributed by atoms with van der Waals surface area (Å²) in [6.45, 7) is 3.32. The highest BCUT2D eigenvalue weighted by Crippen LogP contribution is 2.49. The predicted octanol–water partition coefficient (Wildman–Crippen LogP) is 4.83. The third-order valence-electron chi connectivity index (χ3n) is 6.12. The van der Waals surface area contributed by atoms with Crippen LogP contribution in [0.3, 0.4) is 0 Å². The standard InChI is InChI=1S/C26H23N3O4/c1-15-6-7-18(32-3)13-20(15)24(31)29-26(8-9-26)21-11-17(12-22-19(21)5-4-10-27-22)23-14-28-25(33-23)16(2)30/h4-7,10-14H,8-9H2,1-3H3,(H,29,31). The van der Waals surface area contributed by atoms with Gasteiger partial charge in [0.05, 0.1) is 24.4 Å². The largest absolute Gasteiger partial charge is 0.497 e. The number of ketones is 1. The minimum absolute atomic E-state index is 0.0654. The number of nitrogens with one attached hydrogen (secondary N) is 1. The van der Waals surface area contributed by atoms with Gasteiger partial charge in [0.15, 0.2) is 5.76 Å². The number of aryl methyl sites for hydroxylation is 1. The molecule has 7 heteroatoms. The van der Waals surface area contributed by atoms with Gasteiger partial charge >= 0.3 is 0 Å². The van der Waals surface area contributed by atoms with Crippen LogP contribution in [-0.4, -0.2) is 28.8 Å². The highest BCUT2D eigenvalue weighted by Gasteiger charge is 2.47. The third kappa shape index (κ3) is 3.75. The van der Waals surface area contributed by atoms with E-state index in [2.05, 4.69) is 15.3 Å². The van der Waals surface area contributed by atoms with Gasteiger partial charge in [0, 0.05) is 29.6 Å². The Morgan fingerprint density at radius 2 is 1.94 bits per heavy atom. The lowest BCUT2D eigenvalue weighted by Crippen LogP contribution is -2.35. The number of benzene rings is 2. The van der Waals surface area contributed by atoms with Crippen molar-refractivity contribution >= 4 is 22.6 Å². The molecule has 33 heavy (non-hydrogen) atoms. The molecule has 7 nitrogen and oxygen atoms in total. The third-order valence-corrected chi connectivity index (χ3v) is 6.12. The van der Waals surface area contributed by atoms with Gasteiger partial charge in [0.1, 0.15) is 5.75 Å². The molecule has 1 fully saturated rings. The number of Topliss-reactive ketones (excluding diaryl/α,β-unsaturated/α-hetero) is 1. The van der Waals surface area contributed by atoms with Crippen LogP contribution in [0.4, 0.5) is 0 Å². The van der Waals surface area contributed by atoms with Gasteiger partial charge in [0.2, 0.25) is 5.78 Å². The molecule has 4 aromatic rings. The Morgan fingerprint density at radius 1 is 1.12 bits per heavy atom. The van der Waals surface area contributed by atoms with E-state index in [0.717, 1.165) is 40.4 Å². The fraction of sp³-hybridized carbons (Fsp3) is 0.231. The van der Waals surface area contributed by atoms with Gasteiger partial charge in [-0.25, -0.2) is 4.98 Å². The average Bonchev–Trinajstić information content (AvgIpc) is 3.41. The topological polar surface area (TPSA) is 94.3 Å². The lowest BCUT2D eigenvalue weighted by molar-refractivity contribution is 0.0929. The highest BCUT2D eigenvalue weighted by molar-refractivity contribution is 5.98. The number of hydrogen-bond donors (Lipinski definition) is 1. The van der Waals surface area contributed by atoms with E-state index in [1.54, 1.807) is 25.6 Å². The maximum absolute atomic E-state index is 13.3. The van der Waals surface area contributed by atoms with Crippen molar-refractivity contribution in [1.82, 2.24) is 15.3 Å². The summed E-state index contributed by atoms with van der Waals surface area (Å²) in [5.41, 5.74) is 3.46. The zero-order chi connectivity index (χ0) is 23.2. The van der Waals surface area contributed by atoms with Crippen molar-refractivity contribution in [1.29, 1.82) is 0 Å². The molecule has 0 unspecified atom stereocenters. The number of aromatic nitrogens is 2. The van der Waals surface area contributed by atoms with E-state index in [-0.39, 0.29) is 17.6 Å². The van der Waals surface area contributed by atoms with E-state index >= 15 is 0 Å². The summed E-state index contributed by atoms with van der Waals surface area (Å²) in [7, 11) is 1.58. The van der Waals surface area contributed by atoms with Crippen LogP contribution in [0.1, 0.15) is 51.9 Å². The van der Waals surface area contributed by atoms with Gasteiger partial charge in [-0.3, -0.25) is 14.6 Å². The van der Waals surface area contributed by atoms with Crippen molar-refractivity contribution in [3.8, 4) is 17.1 Å². The van der Waals surface area contributed by atoms with E-state index in [1.165, 1.54) is 6.92 Å². The molecule has 0 radical (unpaired) electrons. The van der Waals surface area contributed by atoms with Crippen LogP contribution < -0.4 is 10.1 Å². The number of hydrogen-bond acceptors (Lipinski definition) is 6. The number of carbonyl (C=O) groups excluding carboxylic acids is 2. The number of oxazole rings is 1. The molecule has 166 valence electrons. The molecule has 2 heterocycles. The fourth-order valence-electron chi connectivity index (χ4n) is 4.14. The van der Waals surface area contributed by atoms with E-state index in [0.29, 0.717) is 17.1 Å². The number of fused-ring (bicyclic) bond motifs is 1. The first kappa shape index (κ1) is 20.9. The summed E-state index contributed by atoms with van der Waals surface area (Å²) in [5.74, 6) is 0.805. The minimum atomic E-state index is -0.507. The number of ether oxygens (including phenoxy) is 1. The molecule has 2 aromatic carbocycles. The van der Waals surface area contributed by atoms with Crippen LogP contribution in [0.5, 0.6) is 5.75 Å². The van der Waals surface area contributed by atoms with E-state index in [1.807, 2.05) is 43.3 Å². The molecular formula is C26H23N3O4. The van der Waals surface area contributed by atoms with Gasteiger partial charge in [-0.05, 0) is 61.2 Å². The number of pyridine rings is 1. The average molecular weight is 441 g/mol. The minimum Gasteiger partial charge on any atom is -0.497 e. The van der Waals surface area contributed by atoms with Crippen LogP contribution in [0.15, 0.2) is 59.3 Å². The zero-order valence-electron chi connectivity index (χ0n) is 18.6. The Bertz CT molecular complexity index is 1400. The van der Waals surface area contributed by atoms with Crippen LogP contribution in [0.25, 0.3) is 22.2 Å². The van der Waals surface area contributed by atoms with Crippen molar-refractivity contribution in [2.24, 2.45) is 0 Å². The molecule has 1 saturated carbocycles. The molecule has 2 aromatic heterocycles. The Kier molecular flexibility index (Phi) is 4.96. The predicted molar refractivity (Wildman–Crippen MR) is 123 cm³/mol. The summed E-state index contributed by atoms with van der Waals surface area (Å²) in [6.07, 6.45) is 4.89. The Labute approximate surface area is 190 Å². The van der Waals surface area contributed by atoms with Gasteiger partial charge in [-0.2, -0.15) is 0 Å². The van der Waals surface area contributed by atoms with Gasteiger partial charge in [-0.15, -0.1) is 0 Å². The van der Waals surface area contributed by atoms with Crippen molar-refractivity contribution in [2.45, 2.75) is 32.2 Å². The van der Waals surface area contributed by atoms with Crippen molar-refractivity contribution in [2.75, 3.05) is 7.11 Å². The quantitative estimate of drug-likeness (QED) is 0.431. The maximum Gasteiger partial charge on any atom is 0.263 e. The SMILES string of the molecule is COc1ccc(C)c(C(=O)NC2(c3cc(-c4cnc(C(C)=O)o4)cc4ncccc34)CC2)c1. The maximum atomic E-state index is 13.3. The monoisotopic (exact) mass is 441 g/mol. The first-order valence-corrected chi connectivity index (χ1v) is 10.7. The molecule has 0 aliphatic heterocycles. The number of nitrogens with zero attached hydrogens (tertiary/aromatic N) is 2. The summed E-state index contributed by atoms with van der Waals surface area (Å²) >= 11 is 0. The second-order valence-electron chi connectivity index (χ2n) is 8.40. The van der Waals surface area contributed by atoms with Crippen LogP contribution in [0, 0.1) is 6.92 Å². The number of methoxy groups -OCH3 is 1. The van der Waals surface area contributed by atoms with Crippen molar-refractivity contribution in [3.63, 3.8) is 0 Å². The number of carbonyl (C=O) groups is 2. The smallest absolute Gasteiger partial charge is 0.263 e. The highest BCUT2D eigenvalue weighted by atomic mass is 16.5. The summed E-state index contributed by atoms with van der Waals surface area (Å²) < 4.78 is 11.0. The van der Waals surface area contributed by atoms with E-state index in [4.69, 9.17) is 9.15 Å². The van der Waals surface area contributed by atoms with Gasteiger partial charge < -0.3 is 14.5 Å². The molecule has 0 atom stereocenters. The van der Waals surface area contributed by atoms with Crippen molar-refractivity contribution in [3.05, 3.63) is 77.4 Å². The van der Waals surface area contributed by atoms with Gasteiger partial charge in [-0.1, -0.05) is 12.1 Å². The first-order valence-electron chi connectivity index (χ1n) is 10.7.